The number of carbonyl (C=O) groups excluding carboxylic acids is 2. The van der Waals surface area contributed by atoms with Gasteiger partial charge in [0.15, 0.2) is 0 Å². The average Bonchev–Trinajstić information content (AvgIpc) is 3.08. The van der Waals surface area contributed by atoms with Crippen molar-refractivity contribution in [2.75, 3.05) is 7.11 Å². The van der Waals surface area contributed by atoms with Gasteiger partial charge in [-0.1, -0.05) is 17.7 Å². The Hall–Kier alpha value is -1.37. The molecule has 2 aromatic heterocycles. The first kappa shape index (κ1) is 15.0. The summed E-state index contributed by atoms with van der Waals surface area (Å²) < 4.78 is 5.22. The van der Waals surface area contributed by atoms with Crippen LogP contribution in [0.2, 0.25) is 4.34 Å². The molecule has 0 saturated heterocycles. The molecule has 0 aliphatic rings. The van der Waals surface area contributed by atoms with Crippen LogP contribution in [0.15, 0.2) is 29.6 Å². The van der Waals surface area contributed by atoms with Crippen LogP contribution in [0.25, 0.3) is 0 Å². The summed E-state index contributed by atoms with van der Waals surface area (Å²) in [4.78, 5) is 25.0. The monoisotopic (exact) mass is 329 g/mol. The molecule has 1 unspecified atom stereocenters. The zero-order chi connectivity index (χ0) is 14.5. The van der Waals surface area contributed by atoms with E-state index in [0.29, 0.717) is 9.21 Å². The first-order valence-electron chi connectivity index (χ1n) is 5.76. The number of thiophene rings is 2. The summed E-state index contributed by atoms with van der Waals surface area (Å²) in [5.74, 6) is -0.614. The van der Waals surface area contributed by atoms with Crippen molar-refractivity contribution in [3.05, 3.63) is 43.7 Å². The van der Waals surface area contributed by atoms with E-state index in [2.05, 4.69) is 10.1 Å². The second kappa shape index (κ2) is 6.88. The normalized spacial score (nSPS) is 11.9. The summed E-state index contributed by atoms with van der Waals surface area (Å²) in [6.07, 6.45) is 0.0991. The highest BCUT2D eigenvalue weighted by atomic mass is 35.5. The van der Waals surface area contributed by atoms with Crippen molar-refractivity contribution in [1.82, 2.24) is 5.32 Å². The van der Waals surface area contributed by atoms with E-state index < -0.39 is 6.04 Å². The summed E-state index contributed by atoms with van der Waals surface area (Å²) in [6.45, 7) is 0. The Morgan fingerprint density at radius 1 is 1.40 bits per heavy atom. The number of hydrogen-bond donors (Lipinski definition) is 1. The molecular formula is C13H12ClNO3S2. The molecule has 0 radical (unpaired) electrons. The molecule has 0 aromatic carbocycles. The third kappa shape index (κ3) is 3.82. The zero-order valence-electron chi connectivity index (χ0n) is 10.6. The lowest BCUT2D eigenvalue weighted by molar-refractivity contribution is -0.141. The van der Waals surface area contributed by atoms with Crippen LogP contribution in [0.1, 0.15) is 27.0 Å². The second-order valence-electron chi connectivity index (χ2n) is 3.93. The molecule has 1 N–H and O–H groups in total. The van der Waals surface area contributed by atoms with Gasteiger partial charge < -0.3 is 10.1 Å². The molecule has 0 aliphatic heterocycles. The fourth-order valence-electron chi connectivity index (χ4n) is 1.63. The van der Waals surface area contributed by atoms with Crippen LogP contribution in [-0.4, -0.2) is 19.0 Å². The molecular weight excluding hydrogens is 318 g/mol. The predicted octanol–water partition coefficient (Wildman–Crippen LogP) is 3.50. The van der Waals surface area contributed by atoms with Gasteiger partial charge in [0.05, 0.1) is 28.8 Å². The fourth-order valence-corrected chi connectivity index (χ4v) is 3.35. The van der Waals surface area contributed by atoms with Gasteiger partial charge in [-0.2, -0.15) is 0 Å². The topological polar surface area (TPSA) is 55.4 Å². The van der Waals surface area contributed by atoms with E-state index in [-0.39, 0.29) is 18.3 Å². The standard InChI is InChI=1S/C13H12ClNO3S2/c1-18-12(16)7-8(9-3-2-6-19-9)15-13(17)10-4-5-11(14)20-10/h2-6,8H,7H2,1H3,(H,15,17). The van der Waals surface area contributed by atoms with Crippen molar-refractivity contribution in [3.8, 4) is 0 Å². The summed E-state index contributed by atoms with van der Waals surface area (Å²) in [5.41, 5.74) is 0. The maximum atomic E-state index is 12.1. The summed E-state index contributed by atoms with van der Waals surface area (Å²) >= 11 is 8.49. The highest BCUT2D eigenvalue weighted by Crippen LogP contribution is 2.25. The molecule has 2 heterocycles. The largest absolute Gasteiger partial charge is 0.469 e. The minimum Gasteiger partial charge on any atom is -0.469 e. The van der Waals surface area contributed by atoms with Crippen molar-refractivity contribution >= 4 is 46.2 Å². The highest BCUT2D eigenvalue weighted by Gasteiger charge is 2.21. The lowest BCUT2D eigenvalue weighted by atomic mass is 10.1. The molecule has 106 valence electrons. The third-order valence-corrected chi connectivity index (χ3v) is 4.80. The van der Waals surface area contributed by atoms with E-state index in [1.54, 1.807) is 12.1 Å². The van der Waals surface area contributed by atoms with Crippen molar-refractivity contribution in [1.29, 1.82) is 0 Å². The quantitative estimate of drug-likeness (QED) is 0.854. The minimum atomic E-state index is -0.393. The van der Waals surface area contributed by atoms with Crippen molar-refractivity contribution < 1.29 is 14.3 Å². The van der Waals surface area contributed by atoms with E-state index in [1.807, 2.05) is 17.5 Å². The van der Waals surface area contributed by atoms with Crippen molar-refractivity contribution in [3.63, 3.8) is 0 Å². The van der Waals surface area contributed by atoms with E-state index in [9.17, 15) is 9.59 Å². The number of nitrogens with one attached hydrogen (secondary N) is 1. The molecule has 1 atom stereocenters. The molecule has 0 bridgehead atoms. The Kier molecular flexibility index (Phi) is 5.17. The van der Waals surface area contributed by atoms with E-state index in [4.69, 9.17) is 11.6 Å². The van der Waals surface area contributed by atoms with E-state index in [1.165, 1.54) is 29.8 Å². The SMILES string of the molecule is COC(=O)CC(NC(=O)c1ccc(Cl)s1)c1cccs1. The Morgan fingerprint density at radius 3 is 2.75 bits per heavy atom. The third-order valence-electron chi connectivity index (χ3n) is 2.59. The molecule has 20 heavy (non-hydrogen) atoms. The van der Waals surface area contributed by atoms with Crippen LogP contribution in [0.5, 0.6) is 0 Å². The van der Waals surface area contributed by atoms with E-state index >= 15 is 0 Å². The maximum Gasteiger partial charge on any atom is 0.307 e. The smallest absolute Gasteiger partial charge is 0.307 e. The van der Waals surface area contributed by atoms with Gasteiger partial charge in [-0.3, -0.25) is 9.59 Å². The molecule has 0 saturated carbocycles. The Balaban J connectivity index is 2.11. The van der Waals surface area contributed by atoms with E-state index in [0.717, 1.165) is 4.88 Å². The summed E-state index contributed by atoms with van der Waals surface area (Å²) in [5, 5.41) is 4.73. The van der Waals surface area contributed by atoms with Gasteiger partial charge in [-0.25, -0.2) is 0 Å². The molecule has 1 amide bonds. The van der Waals surface area contributed by atoms with Gasteiger partial charge in [0.25, 0.3) is 5.91 Å². The summed E-state index contributed by atoms with van der Waals surface area (Å²) in [6, 6.07) is 6.68. The number of halogens is 1. The summed E-state index contributed by atoms with van der Waals surface area (Å²) in [7, 11) is 1.33. The molecule has 0 fully saturated rings. The van der Waals surface area contributed by atoms with Crippen LogP contribution < -0.4 is 5.32 Å². The van der Waals surface area contributed by atoms with Crippen LogP contribution >= 0.6 is 34.3 Å². The molecule has 2 rings (SSSR count). The number of methoxy groups -OCH3 is 1. The van der Waals surface area contributed by atoms with Crippen LogP contribution in [0.3, 0.4) is 0 Å². The van der Waals surface area contributed by atoms with Gasteiger partial charge in [-0.05, 0) is 23.6 Å². The maximum absolute atomic E-state index is 12.1. The number of esters is 1. The van der Waals surface area contributed by atoms with Gasteiger partial charge in [0, 0.05) is 4.88 Å². The molecule has 0 aliphatic carbocycles. The Bertz CT molecular complexity index is 595. The molecule has 0 spiro atoms. The van der Waals surface area contributed by atoms with Crippen LogP contribution in [0, 0.1) is 0 Å². The number of amides is 1. The number of ether oxygens (including phenoxy) is 1. The van der Waals surface area contributed by atoms with Gasteiger partial charge in [-0.15, -0.1) is 22.7 Å². The first-order chi connectivity index (χ1) is 9.60. The average molecular weight is 330 g/mol. The van der Waals surface area contributed by atoms with Crippen molar-refractivity contribution in [2.45, 2.75) is 12.5 Å². The Labute approximate surface area is 129 Å². The Morgan fingerprint density at radius 2 is 2.20 bits per heavy atom. The van der Waals surface area contributed by atoms with Crippen LogP contribution in [0.4, 0.5) is 0 Å². The van der Waals surface area contributed by atoms with Crippen LogP contribution in [-0.2, 0) is 9.53 Å². The molecule has 4 nitrogen and oxygen atoms in total. The second-order valence-corrected chi connectivity index (χ2v) is 6.62. The lowest BCUT2D eigenvalue weighted by Gasteiger charge is -2.15. The van der Waals surface area contributed by atoms with Gasteiger partial charge >= 0.3 is 5.97 Å². The molecule has 7 heteroatoms. The lowest BCUT2D eigenvalue weighted by Crippen LogP contribution is -2.29. The molecule has 2 aromatic rings. The fraction of sp³-hybridized carbons (Fsp3) is 0.231. The van der Waals surface area contributed by atoms with Gasteiger partial charge in [0.2, 0.25) is 0 Å². The van der Waals surface area contributed by atoms with Gasteiger partial charge in [0.1, 0.15) is 0 Å². The first-order valence-corrected chi connectivity index (χ1v) is 7.84. The minimum absolute atomic E-state index is 0.0991. The number of hydrogen-bond acceptors (Lipinski definition) is 5. The number of carbonyl (C=O) groups is 2. The predicted molar refractivity (Wildman–Crippen MR) is 80.5 cm³/mol. The zero-order valence-corrected chi connectivity index (χ0v) is 13.0. The number of rotatable bonds is 5. The highest BCUT2D eigenvalue weighted by molar-refractivity contribution is 7.18. The van der Waals surface area contributed by atoms with Crippen molar-refractivity contribution in [2.24, 2.45) is 0 Å².